The molecule has 16 nitrogen and oxygen atoms in total. The van der Waals surface area contributed by atoms with Gasteiger partial charge in [-0.25, -0.2) is 0 Å². The maximum atomic E-state index is 13.6. The van der Waals surface area contributed by atoms with Gasteiger partial charge in [0, 0.05) is 53.7 Å². The second-order valence-electron chi connectivity index (χ2n) is 10.7. The summed E-state index contributed by atoms with van der Waals surface area (Å²) in [6.07, 6.45) is -5.77. The van der Waals surface area contributed by atoms with E-state index in [1.807, 2.05) is 0 Å². The van der Waals surface area contributed by atoms with Gasteiger partial charge >= 0.3 is 35.8 Å². The molecule has 1 aliphatic heterocycles. The summed E-state index contributed by atoms with van der Waals surface area (Å²) in [7, 11) is 0. The van der Waals surface area contributed by atoms with Crippen LogP contribution in [0.25, 0.3) is 22.1 Å². The Bertz CT molecular complexity index is 1820. The van der Waals surface area contributed by atoms with Crippen LogP contribution in [0.5, 0.6) is 17.2 Å². The molecule has 0 amide bonds. The van der Waals surface area contributed by atoms with Gasteiger partial charge in [-0.2, -0.15) is 0 Å². The average molecular weight is 685 g/mol. The second kappa shape index (κ2) is 15.4. The average Bonchev–Trinajstić information content (AvgIpc) is 2.98. The van der Waals surface area contributed by atoms with Gasteiger partial charge < -0.3 is 42.3 Å². The largest absolute Gasteiger partial charge is 0.463 e. The number of hydrogen-bond acceptors (Lipinski definition) is 16. The third-order valence-corrected chi connectivity index (χ3v) is 6.70. The quantitative estimate of drug-likeness (QED) is 0.171. The van der Waals surface area contributed by atoms with Crippen LogP contribution in [-0.4, -0.2) is 73.1 Å². The fourth-order valence-corrected chi connectivity index (χ4v) is 4.98. The predicted molar refractivity (Wildman–Crippen MR) is 163 cm³/mol. The first kappa shape index (κ1) is 36.1. The zero-order chi connectivity index (χ0) is 36.0. The van der Waals surface area contributed by atoms with Crippen LogP contribution >= 0.6 is 0 Å². The minimum absolute atomic E-state index is 0.00384. The third-order valence-electron chi connectivity index (χ3n) is 6.70. The standard InChI is InChI=1S/C33H32O16/c1-15(34)41-14-27-30(45-18(4)37)31(46-19(5)38)32(47-20(6)39)33(49-27)48-22-9-7-21(8-10-22)24-13-42-25-11-23(43-16(2)35)12-26(44-17(3)36)28(25)29(24)40/h7-13,27,30-33H,14H2,1-6H3/t27-,30-,31+,32-,33-/m1/s1. The Morgan fingerprint density at radius 1 is 0.673 bits per heavy atom. The summed E-state index contributed by atoms with van der Waals surface area (Å²) in [6.45, 7) is 6.33. The van der Waals surface area contributed by atoms with E-state index in [1.165, 1.54) is 49.6 Å². The van der Waals surface area contributed by atoms with Crippen molar-refractivity contribution < 1.29 is 71.1 Å². The maximum Gasteiger partial charge on any atom is 0.308 e. The van der Waals surface area contributed by atoms with Gasteiger partial charge in [-0.3, -0.25) is 33.6 Å². The molecule has 1 aromatic heterocycles. The Hall–Kier alpha value is -5.77. The summed E-state index contributed by atoms with van der Waals surface area (Å²) in [5.41, 5.74) is -0.158. The molecule has 16 heteroatoms. The number of carbonyl (C=O) groups is 6. The van der Waals surface area contributed by atoms with Crippen molar-refractivity contribution in [3.63, 3.8) is 0 Å². The minimum atomic E-state index is -1.48. The number of esters is 6. The highest BCUT2D eigenvalue weighted by molar-refractivity contribution is 5.91. The summed E-state index contributed by atoms with van der Waals surface area (Å²) in [5, 5.41) is -0.0820. The summed E-state index contributed by atoms with van der Waals surface area (Å²) >= 11 is 0. The summed E-state index contributed by atoms with van der Waals surface area (Å²) < 4.78 is 49.2. The highest BCUT2D eigenvalue weighted by atomic mass is 16.7. The molecule has 0 saturated carbocycles. The van der Waals surface area contributed by atoms with Crippen LogP contribution in [0.1, 0.15) is 41.5 Å². The molecule has 260 valence electrons. The van der Waals surface area contributed by atoms with Crippen molar-refractivity contribution in [2.24, 2.45) is 0 Å². The normalized spacial score (nSPS) is 20.0. The van der Waals surface area contributed by atoms with Gasteiger partial charge in [0.1, 0.15) is 47.2 Å². The summed E-state index contributed by atoms with van der Waals surface area (Å²) in [5.74, 6) is -4.48. The van der Waals surface area contributed by atoms with Crippen molar-refractivity contribution in [2.45, 2.75) is 72.2 Å². The van der Waals surface area contributed by atoms with E-state index in [2.05, 4.69) is 0 Å². The Kier molecular flexibility index (Phi) is 11.4. The van der Waals surface area contributed by atoms with Gasteiger partial charge in [-0.05, 0) is 17.7 Å². The third kappa shape index (κ3) is 9.19. The fraction of sp³-hybridized carbons (Fsp3) is 0.364. The molecule has 0 N–H and O–H groups in total. The number of fused-ring (bicyclic) bond motifs is 1. The Labute approximate surface area is 278 Å². The van der Waals surface area contributed by atoms with E-state index in [1.54, 1.807) is 0 Å². The molecule has 5 atom stereocenters. The van der Waals surface area contributed by atoms with Crippen molar-refractivity contribution in [2.75, 3.05) is 6.61 Å². The molecule has 4 rings (SSSR count). The molecule has 2 heterocycles. The second-order valence-corrected chi connectivity index (χ2v) is 10.7. The Balaban J connectivity index is 1.69. The first-order chi connectivity index (χ1) is 23.1. The molecule has 1 fully saturated rings. The van der Waals surface area contributed by atoms with Crippen molar-refractivity contribution in [1.82, 2.24) is 0 Å². The van der Waals surface area contributed by atoms with Gasteiger partial charge in [0.25, 0.3) is 0 Å². The summed E-state index contributed by atoms with van der Waals surface area (Å²) in [4.78, 5) is 84.6. The Morgan fingerprint density at radius 2 is 1.27 bits per heavy atom. The number of hydrogen-bond donors (Lipinski definition) is 0. The van der Waals surface area contributed by atoms with E-state index in [4.69, 9.17) is 42.3 Å². The molecular weight excluding hydrogens is 652 g/mol. The monoisotopic (exact) mass is 684 g/mol. The zero-order valence-corrected chi connectivity index (χ0v) is 27.2. The first-order valence-corrected chi connectivity index (χ1v) is 14.7. The molecule has 0 spiro atoms. The zero-order valence-electron chi connectivity index (χ0n) is 27.2. The Morgan fingerprint density at radius 3 is 1.84 bits per heavy atom. The number of rotatable bonds is 10. The lowest BCUT2D eigenvalue weighted by Crippen LogP contribution is -2.63. The minimum Gasteiger partial charge on any atom is -0.463 e. The molecule has 1 saturated heterocycles. The first-order valence-electron chi connectivity index (χ1n) is 14.7. The van der Waals surface area contributed by atoms with Gasteiger partial charge in [-0.15, -0.1) is 0 Å². The van der Waals surface area contributed by atoms with Crippen LogP contribution in [0.3, 0.4) is 0 Å². The number of carbonyl (C=O) groups excluding carboxylic acids is 6. The molecule has 0 aliphatic carbocycles. The van der Waals surface area contributed by atoms with E-state index in [-0.39, 0.29) is 33.8 Å². The fourth-order valence-electron chi connectivity index (χ4n) is 4.98. The van der Waals surface area contributed by atoms with Crippen molar-refractivity contribution in [3.8, 4) is 28.4 Å². The van der Waals surface area contributed by atoms with E-state index in [0.717, 1.165) is 34.6 Å². The van der Waals surface area contributed by atoms with E-state index < -0.39 is 78.6 Å². The van der Waals surface area contributed by atoms with Crippen LogP contribution in [0, 0.1) is 0 Å². The molecule has 0 unspecified atom stereocenters. The molecule has 2 aromatic carbocycles. The number of ether oxygens (including phenoxy) is 8. The van der Waals surface area contributed by atoms with Gasteiger partial charge in [0.05, 0.1) is 5.56 Å². The molecule has 3 aromatic rings. The lowest BCUT2D eigenvalue weighted by Gasteiger charge is -2.43. The SMILES string of the molecule is CC(=O)OC[C@H]1O[C@@H](Oc2ccc(-c3coc4cc(OC(C)=O)cc(OC(C)=O)c4c3=O)cc2)[C@H](OC(C)=O)[C@@H](OC(C)=O)[C@@H]1OC(C)=O. The van der Waals surface area contributed by atoms with Gasteiger partial charge in [-0.1, -0.05) is 12.1 Å². The lowest BCUT2D eigenvalue weighted by atomic mass is 9.98. The van der Waals surface area contributed by atoms with Gasteiger partial charge in [0.15, 0.2) is 12.2 Å². The van der Waals surface area contributed by atoms with Crippen molar-refractivity contribution in [1.29, 1.82) is 0 Å². The van der Waals surface area contributed by atoms with E-state index in [0.29, 0.717) is 5.56 Å². The lowest BCUT2D eigenvalue weighted by molar-refractivity contribution is -0.288. The molecule has 0 radical (unpaired) electrons. The number of benzene rings is 2. The molecular formula is C33H32O16. The topological polar surface area (TPSA) is 206 Å². The van der Waals surface area contributed by atoms with E-state index >= 15 is 0 Å². The van der Waals surface area contributed by atoms with Crippen LogP contribution in [0.15, 0.2) is 51.9 Å². The smallest absolute Gasteiger partial charge is 0.308 e. The predicted octanol–water partition coefficient (Wildman–Crippen LogP) is 2.77. The summed E-state index contributed by atoms with van der Waals surface area (Å²) in [6, 6.07) is 8.42. The molecule has 0 bridgehead atoms. The van der Waals surface area contributed by atoms with Crippen molar-refractivity contribution >= 4 is 46.8 Å². The highest BCUT2D eigenvalue weighted by Gasteiger charge is 2.53. The molecule has 1 aliphatic rings. The highest BCUT2D eigenvalue weighted by Crippen LogP contribution is 2.34. The van der Waals surface area contributed by atoms with Crippen LogP contribution < -0.4 is 19.6 Å². The van der Waals surface area contributed by atoms with Gasteiger partial charge in [0.2, 0.25) is 17.8 Å². The van der Waals surface area contributed by atoms with Crippen LogP contribution in [-0.2, 0) is 52.5 Å². The maximum absolute atomic E-state index is 13.6. The van der Waals surface area contributed by atoms with Crippen molar-refractivity contribution in [3.05, 3.63) is 52.9 Å². The van der Waals surface area contributed by atoms with E-state index in [9.17, 15) is 33.6 Å². The molecule has 49 heavy (non-hydrogen) atoms. The van der Waals surface area contributed by atoms with Crippen LogP contribution in [0.2, 0.25) is 0 Å². The van der Waals surface area contributed by atoms with Crippen LogP contribution in [0.4, 0.5) is 0 Å².